The highest BCUT2D eigenvalue weighted by Crippen LogP contribution is 2.30. The molecule has 0 radical (unpaired) electrons. The maximum absolute atomic E-state index is 12.6. The van der Waals surface area contributed by atoms with Crippen LogP contribution in [0.2, 0.25) is 0 Å². The van der Waals surface area contributed by atoms with Crippen LogP contribution < -0.4 is 5.32 Å². The number of nitro benzene ring substituents is 1. The molecule has 0 aromatic heterocycles. The van der Waals surface area contributed by atoms with E-state index in [4.69, 9.17) is 0 Å². The van der Waals surface area contributed by atoms with Gasteiger partial charge in [-0.05, 0) is 29.8 Å². The molecule has 0 saturated heterocycles. The molecule has 5 nitrogen and oxygen atoms in total. The van der Waals surface area contributed by atoms with E-state index in [1.54, 1.807) is 6.07 Å². The third-order valence-corrected chi connectivity index (χ3v) is 2.97. The van der Waals surface area contributed by atoms with Crippen molar-refractivity contribution in [3.05, 3.63) is 75.8 Å². The van der Waals surface area contributed by atoms with Crippen LogP contribution in [-0.4, -0.2) is 10.8 Å². The molecule has 124 valence electrons. The van der Waals surface area contributed by atoms with Crippen molar-refractivity contribution < 1.29 is 22.9 Å². The number of rotatable bonds is 4. The van der Waals surface area contributed by atoms with Gasteiger partial charge in [0.05, 0.1) is 10.5 Å². The predicted octanol–water partition coefficient (Wildman–Crippen LogP) is 4.27. The molecule has 1 amide bonds. The molecule has 0 unspecified atom stereocenters. The van der Waals surface area contributed by atoms with Gasteiger partial charge in [0, 0.05) is 23.9 Å². The number of anilines is 1. The Morgan fingerprint density at radius 2 is 1.83 bits per heavy atom. The van der Waals surface area contributed by atoms with Crippen molar-refractivity contribution in [3.8, 4) is 0 Å². The number of hydrogen-bond donors (Lipinski definition) is 1. The number of hydrogen-bond acceptors (Lipinski definition) is 3. The van der Waals surface area contributed by atoms with Crippen LogP contribution in [0.4, 0.5) is 24.5 Å². The lowest BCUT2D eigenvalue weighted by Gasteiger charge is -2.08. The van der Waals surface area contributed by atoms with E-state index in [0.29, 0.717) is 5.56 Å². The van der Waals surface area contributed by atoms with E-state index in [1.807, 2.05) is 0 Å². The van der Waals surface area contributed by atoms with Crippen LogP contribution in [-0.2, 0) is 11.0 Å². The van der Waals surface area contributed by atoms with E-state index in [2.05, 4.69) is 5.32 Å². The van der Waals surface area contributed by atoms with E-state index in [9.17, 15) is 28.1 Å². The molecule has 0 fully saturated rings. The van der Waals surface area contributed by atoms with Crippen LogP contribution >= 0.6 is 0 Å². The summed E-state index contributed by atoms with van der Waals surface area (Å²) in [5, 5.41) is 13.0. The minimum atomic E-state index is -4.50. The molecule has 0 saturated carbocycles. The number of halogens is 3. The number of nitrogens with one attached hydrogen (secondary N) is 1. The Hall–Kier alpha value is -3.16. The number of alkyl halides is 3. The molecule has 0 aliphatic carbocycles. The Morgan fingerprint density at radius 1 is 1.12 bits per heavy atom. The summed E-state index contributed by atoms with van der Waals surface area (Å²) in [6.07, 6.45) is -2.09. The van der Waals surface area contributed by atoms with E-state index >= 15 is 0 Å². The highest BCUT2D eigenvalue weighted by Gasteiger charge is 2.30. The van der Waals surface area contributed by atoms with Gasteiger partial charge < -0.3 is 5.32 Å². The van der Waals surface area contributed by atoms with Gasteiger partial charge in [-0.1, -0.05) is 18.2 Å². The fourth-order valence-electron chi connectivity index (χ4n) is 1.87. The zero-order valence-corrected chi connectivity index (χ0v) is 12.1. The highest BCUT2D eigenvalue weighted by molar-refractivity contribution is 6.02. The van der Waals surface area contributed by atoms with Gasteiger partial charge >= 0.3 is 6.18 Å². The molecule has 0 aliphatic rings. The molecular formula is C16H11F3N2O3. The second-order valence-corrected chi connectivity index (χ2v) is 4.75. The van der Waals surface area contributed by atoms with Crippen LogP contribution in [0.1, 0.15) is 11.1 Å². The van der Waals surface area contributed by atoms with Gasteiger partial charge in [-0.25, -0.2) is 0 Å². The maximum Gasteiger partial charge on any atom is 0.416 e. The normalized spacial score (nSPS) is 11.5. The summed E-state index contributed by atoms with van der Waals surface area (Å²) >= 11 is 0. The quantitative estimate of drug-likeness (QED) is 0.515. The molecule has 24 heavy (non-hydrogen) atoms. The number of benzene rings is 2. The topological polar surface area (TPSA) is 72.2 Å². The Balaban J connectivity index is 2.08. The third kappa shape index (κ3) is 4.67. The van der Waals surface area contributed by atoms with Crippen molar-refractivity contribution in [2.45, 2.75) is 6.18 Å². The Morgan fingerprint density at radius 3 is 2.50 bits per heavy atom. The van der Waals surface area contributed by atoms with Crippen molar-refractivity contribution >= 4 is 23.4 Å². The number of nitrogens with zero attached hydrogens (tertiary/aromatic N) is 1. The van der Waals surface area contributed by atoms with Crippen LogP contribution in [0.5, 0.6) is 0 Å². The van der Waals surface area contributed by atoms with Gasteiger partial charge in [0.15, 0.2) is 0 Å². The first-order valence-corrected chi connectivity index (χ1v) is 6.66. The second-order valence-electron chi connectivity index (χ2n) is 4.75. The average molecular weight is 336 g/mol. The number of nitro groups is 1. The fraction of sp³-hybridized carbons (Fsp3) is 0.0625. The largest absolute Gasteiger partial charge is 0.416 e. The van der Waals surface area contributed by atoms with Gasteiger partial charge in [0.1, 0.15) is 0 Å². The molecular weight excluding hydrogens is 325 g/mol. The highest BCUT2D eigenvalue weighted by atomic mass is 19.4. The van der Waals surface area contributed by atoms with Gasteiger partial charge in [-0.2, -0.15) is 13.2 Å². The third-order valence-electron chi connectivity index (χ3n) is 2.97. The summed E-state index contributed by atoms with van der Waals surface area (Å²) in [5.41, 5.74) is -0.583. The van der Waals surface area contributed by atoms with Crippen LogP contribution in [0.15, 0.2) is 54.6 Å². The first-order valence-electron chi connectivity index (χ1n) is 6.66. The van der Waals surface area contributed by atoms with Crippen molar-refractivity contribution in [2.75, 3.05) is 5.32 Å². The van der Waals surface area contributed by atoms with Crippen LogP contribution in [0.25, 0.3) is 6.08 Å². The molecule has 0 heterocycles. The lowest BCUT2D eigenvalue weighted by molar-refractivity contribution is -0.384. The van der Waals surface area contributed by atoms with Gasteiger partial charge in [0.2, 0.25) is 5.91 Å². The smallest absolute Gasteiger partial charge is 0.322 e. The molecule has 8 heteroatoms. The second kappa shape index (κ2) is 6.95. The van der Waals surface area contributed by atoms with Crippen LogP contribution in [0, 0.1) is 10.1 Å². The van der Waals surface area contributed by atoms with Gasteiger partial charge in [0.25, 0.3) is 5.69 Å². The molecule has 0 atom stereocenters. The first kappa shape index (κ1) is 17.2. The van der Waals surface area contributed by atoms with E-state index in [1.165, 1.54) is 36.4 Å². The van der Waals surface area contributed by atoms with Crippen molar-refractivity contribution in [1.29, 1.82) is 0 Å². The lowest BCUT2D eigenvalue weighted by atomic mass is 10.2. The molecule has 0 aliphatic heterocycles. The molecule has 2 rings (SSSR count). The Kier molecular flexibility index (Phi) is 4.98. The zero-order chi connectivity index (χ0) is 17.7. The lowest BCUT2D eigenvalue weighted by Crippen LogP contribution is -2.10. The number of carbonyl (C=O) groups excluding carboxylic acids is 1. The van der Waals surface area contributed by atoms with Gasteiger partial charge in [-0.3, -0.25) is 14.9 Å². The molecule has 0 bridgehead atoms. The Bertz CT molecular complexity index is 801. The van der Waals surface area contributed by atoms with Crippen molar-refractivity contribution in [3.63, 3.8) is 0 Å². The summed E-state index contributed by atoms with van der Waals surface area (Å²) < 4.78 is 37.8. The van der Waals surface area contributed by atoms with Crippen molar-refractivity contribution in [1.82, 2.24) is 0 Å². The molecule has 1 N–H and O–H groups in total. The summed E-state index contributed by atoms with van der Waals surface area (Å²) in [7, 11) is 0. The number of non-ortho nitro benzene ring substituents is 1. The SMILES string of the molecule is O=C(/C=C/c1cccc([N+](=O)[O-])c1)Nc1cccc(C(F)(F)F)c1. The van der Waals surface area contributed by atoms with E-state index in [0.717, 1.165) is 18.2 Å². The Labute approximate surface area is 134 Å². The summed E-state index contributed by atoms with van der Waals surface area (Å²) in [5.74, 6) is -0.652. The molecule has 0 spiro atoms. The fourth-order valence-corrected chi connectivity index (χ4v) is 1.87. The maximum atomic E-state index is 12.6. The number of amides is 1. The van der Waals surface area contributed by atoms with Crippen LogP contribution in [0.3, 0.4) is 0 Å². The van der Waals surface area contributed by atoms with Gasteiger partial charge in [-0.15, -0.1) is 0 Å². The summed E-state index contributed by atoms with van der Waals surface area (Å²) in [6.45, 7) is 0. The zero-order valence-electron chi connectivity index (χ0n) is 12.1. The first-order chi connectivity index (χ1) is 11.3. The minimum Gasteiger partial charge on any atom is -0.322 e. The van der Waals surface area contributed by atoms with E-state index < -0.39 is 22.6 Å². The monoisotopic (exact) mass is 336 g/mol. The molecule has 2 aromatic carbocycles. The summed E-state index contributed by atoms with van der Waals surface area (Å²) in [6, 6.07) is 9.82. The standard InChI is InChI=1S/C16H11F3N2O3/c17-16(18,19)12-4-2-5-13(10-12)20-15(22)8-7-11-3-1-6-14(9-11)21(23)24/h1-10H,(H,20,22)/b8-7+. The molecule has 2 aromatic rings. The minimum absolute atomic E-state index is 0.00137. The van der Waals surface area contributed by atoms with Crippen molar-refractivity contribution in [2.24, 2.45) is 0 Å². The van der Waals surface area contributed by atoms with E-state index in [-0.39, 0.29) is 11.4 Å². The predicted molar refractivity (Wildman–Crippen MR) is 82.2 cm³/mol. The average Bonchev–Trinajstić information content (AvgIpc) is 2.52. The summed E-state index contributed by atoms with van der Waals surface area (Å²) in [4.78, 5) is 21.8. The number of carbonyl (C=O) groups is 1.